The molecule has 1 saturated heterocycles. The van der Waals surface area contributed by atoms with E-state index in [-0.39, 0.29) is 18.0 Å². The molecule has 0 bridgehead atoms. The molecule has 134 valence electrons. The fraction of sp³-hybridized carbons (Fsp3) is 0.389. The molecule has 1 aliphatic rings. The van der Waals surface area contributed by atoms with Crippen molar-refractivity contribution in [1.29, 1.82) is 0 Å². The van der Waals surface area contributed by atoms with Crippen molar-refractivity contribution in [2.75, 3.05) is 6.61 Å². The van der Waals surface area contributed by atoms with Crippen molar-refractivity contribution in [1.82, 2.24) is 9.71 Å². The molecule has 7 heteroatoms. The Kier molecular flexibility index (Phi) is 5.17. The Morgan fingerprint density at radius 1 is 1.20 bits per heavy atom. The van der Waals surface area contributed by atoms with E-state index in [0.29, 0.717) is 18.6 Å². The van der Waals surface area contributed by atoms with Crippen LogP contribution >= 0.6 is 0 Å². The zero-order valence-corrected chi connectivity index (χ0v) is 15.0. The van der Waals surface area contributed by atoms with E-state index < -0.39 is 15.3 Å². The first-order chi connectivity index (χ1) is 11.9. The minimum absolute atomic E-state index is 0.283. The molecular formula is C18H21FN2O3S. The van der Waals surface area contributed by atoms with Crippen LogP contribution in [0.3, 0.4) is 0 Å². The van der Waals surface area contributed by atoms with Crippen molar-refractivity contribution >= 4 is 10.0 Å². The van der Waals surface area contributed by atoms with Gasteiger partial charge >= 0.3 is 0 Å². The van der Waals surface area contributed by atoms with Crippen molar-refractivity contribution in [3.63, 3.8) is 0 Å². The first kappa shape index (κ1) is 18.0. The second-order valence-electron chi connectivity index (χ2n) is 6.41. The smallest absolute Gasteiger partial charge is 0.214 e. The SMILES string of the molecule is CC(C)S(=O)(=O)N[C@@H]1CCO[C@@H]1c1ccc(-c2cncc(F)c2)cc1. The van der Waals surface area contributed by atoms with Gasteiger partial charge in [0, 0.05) is 18.4 Å². The largest absolute Gasteiger partial charge is 0.372 e. The molecular weight excluding hydrogens is 343 g/mol. The van der Waals surface area contributed by atoms with Gasteiger partial charge in [-0.1, -0.05) is 24.3 Å². The molecule has 0 amide bonds. The maximum Gasteiger partial charge on any atom is 0.214 e. The highest BCUT2D eigenvalue weighted by molar-refractivity contribution is 7.90. The average molecular weight is 364 g/mol. The van der Waals surface area contributed by atoms with Crippen LogP contribution in [-0.4, -0.2) is 31.3 Å². The molecule has 0 radical (unpaired) electrons. The lowest BCUT2D eigenvalue weighted by Gasteiger charge is -2.21. The summed E-state index contributed by atoms with van der Waals surface area (Å²) in [5.41, 5.74) is 2.42. The standard InChI is InChI=1S/C18H21FN2O3S/c1-12(2)25(22,23)21-17-7-8-24-18(17)14-5-3-13(4-6-14)15-9-16(19)11-20-10-15/h3-6,9-12,17-18,21H,7-8H2,1-2H3/t17-,18-/m1/s1. The Hall–Kier alpha value is -1.83. The predicted molar refractivity (Wildman–Crippen MR) is 93.9 cm³/mol. The number of halogens is 1. The monoisotopic (exact) mass is 364 g/mol. The zero-order valence-electron chi connectivity index (χ0n) is 14.1. The summed E-state index contributed by atoms with van der Waals surface area (Å²) >= 11 is 0. The molecule has 5 nitrogen and oxygen atoms in total. The summed E-state index contributed by atoms with van der Waals surface area (Å²) in [7, 11) is -3.36. The summed E-state index contributed by atoms with van der Waals surface area (Å²) in [6.45, 7) is 3.80. The maximum absolute atomic E-state index is 13.3. The molecule has 1 fully saturated rings. The van der Waals surface area contributed by atoms with Crippen LogP contribution in [0.15, 0.2) is 42.7 Å². The average Bonchev–Trinajstić information content (AvgIpc) is 3.02. The third kappa shape index (κ3) is 4.05. The summed E-state index contributed by atoms with van der Waals surface area (Å²) < 4.78 is 46.0. The van der Waals surface area contributed by atoms with Crippen LogP contribution in [0.5, 0.6) is 0 Å². The van der Waals surface area contributed by atoms with Gasteiger partial charge in [0.1, 0.15) is 5.82 Å². The van der Waals surface area contributed by atoms with E-state index >= 15 is 0 Å². The van der Waals surface area contributed by atoms with Gasteiger partial charge in [-0.2, -0.15) is 0 Å². The first-order valence-electron chi connectivity index (χ1n) is 8.20. The third-order valence-electron chi connectivity index (χ3n) is 4.31. The van der Waals surface area contributed by atoms with E-state index in [1.54, 1.807) is 20.0 Å². The van der Waals surface area contributed by atoms with Gasteiger partial charge in [0.2, 0.25) is 10.0 Å². The van der Waals surface area contributed by atoms with E-state index in [9.17, 15) is 12.8 Å². The fourth-order valence-corrected chi connectivity index (χ4v) is 3.76. The van der Waals surface area contributed by atoms with Crippen molar-refractivity contribution in [2.45, 2.75) is 37.7 Å². The van der Waals surface area contributed by atoms with Gasteiger partial charge < -0.3 is 4.74 Å². The van der Waals surface area contributed by atoms with Gasteiger partial charge in [0.15, 0.2) is 0 Å². The van der Waals surface area contributed by atoms with Gasteiger partial charge in [0.05, 0.1) is 23.6 Å². The number of rotatable bonds is 5. The van der Waals surface area contributed by atoms with Crippen molar-refractivity contribution in [2.24, 2.45) is 0 Å². The van der Waals surface area contributed by atoms with Gasteiger partial charge in [-0.05, 0) is 37.5 Å². The minimum Gasteiger partial charge on any atom is -0.372 e. The Bertz CT molecular complexity index is 838. The number of ether oxygens (including phenoxy) is 1. The second-order valence-corrected chi connectivity index (χ2v) is 8.68. The van der Waals surface area contributed by atoms with Crippen molar-refractivity contribution in [3.05, 3.63) is 54.1 Å². The van der Waals surface area contributed by atoms with Gasteiger partial charge in [0.25, 0.3) is 0 Å². The molecule has 1 aromatic carbocycles. The van der Waals surface area contributed by atoms with Crippen molar-refractivity contribution in [3.8, 4) is 11.1 Å². The zero-order chi connectivity index (χ0) is 18.0. The number of nitrogens with one attached hydrogen (secondary N) is 1. The first-order valence-corrected chi connectivity index (χ1v) is 9.75. The topological polar surface area (TPSA) is 68.3 Å². The van der Waals surface area contributed by atoms with E-state index in [1.165, 1.54) is 6.07 Å². The van der Waals surface area contributed by atoms with Crippen LogP contribution in [0.4, 0.5) is 4.39 Å². The molecule has 2 aromatic rings. The van der Waals surface area contributed by atoms with Crippen LogP contribution in [0.2, 0.25) is 0 Å². The van der Waals surface area contributed by atoms with Gasteiger partial charge in [-0.25, -0.2) is 17.5 Å². The molecule has 25 heavy (non-hydrogen) atoms. The molecule has 0 unspecified atom stereocenters. The molecule has 1 N–H and O–H groups in total. The molecule has 0 spiro atoms. The molecule has 0 saturated carbocycles. The maximum atomic E-state index is 13.3. The molecule has 2 heterocycles. The molecule has 1 aromatic heterocycles. The normalized spacial score (nSPS) is 21.0. The van der Waals surface area contributed by atoms with E-state index in [4.69, 9.17) is 4.74 Å². The lowest BCUT2D eigenvalue weighted by atomic mass is 9.99. The highest BCUT2D eigenvalue weighted by atomic mass is 32.2. The second kappa shape index (κ2) is 7.19. The fourth-order valence-electron chi connectivity index (χ4n) is 2.82. The summed E-state index contributed by atoms with van der Waals surface area (Å²) in [5, 5.41) is -0.489. The van der Waals surface area contributed by atoms with Crippen LogP contribution < -0.4 is 4.72 Å². The summed E-state index contributed by atoms with van der Waals surface area (Å²) in [4.78, 5) is 3.85. The number of sulfonamides is 1. The Morgan fingerprint density at radius 3 is 2.56 bits per heavy atom. The van der Waals surface area contributed by atoms with E-state index in [1.807, 2.05) is 24.3 Å². The predicted octanol–water partition coefficient (Wildman–Crippen LogP) is 3.05. The van der Waals surface area contributed by atoms with Crippen LogP contribution in [0.25, 0.3) is 11.1 Å². The number of hydrogen-bond acceptors (Lipinski definition) is 4. The molecule has 2 atom stereocenters. The van der Waals surface area contributed by atoms with Crippen LogP contribution in [0.1, 0.15) is 31.9 Å². The number of benzene rings is 1. The highest BCUT2D eigenvalue weighted by Crippen LogP contribution is 2.31. The Balaban J connectivity index is 1.79. The molecule has 3 rings (SSSR count). The highest BCUT2D eigenvalue weighted by Gasteiger charge is 2.33. The van der Waals surface area contributed by atoms with E-state index in [2.05, 4.69) is 9.71 Å². The van der Waals surface area contributed by atoms with Gasteiger partial charge in [-0.3, -0.25) is 4.98 Å². The molecule has 1 aliphatic heterocycles. The third-order valence-corrected chi connectivity index (χ3v) is 6.18. The Morgan fingerprint density at radius 2 is 1.92 bits per heavy atom. The van der Waals surface area contributed by atoms with Crippen molar-refractivity contribution < 1.29 is 17.5 Å². The number of nitrogens with zero attached hydrogens (tertiary/aromatic N) is 1. The quantitative estimate of drug-likeness (QED) is 0.885. The number of pyridine rings is 1. The summed E-state index contributed by atoms with van der Waals surface area (Å²) in [6, 6.07) is 8.63. The van der Waals surface area contributed by atoms with Gasteiger partial charge in [-0.15, -0.1) is 0 Å². The number of aromatic nitrogens is 1. The lowest BCUT2D eigenvalue weighted by Crippen LogP contribution is -2.40. The van der Waals surface area contributed by atoms with E-state index in [0.717, 1.165) is 17.3 Å². The molecule has 0 aliphatic carbocycles. The lowest BCUT2D eigenvalue weighted by molar-refractivity contribution is 0.102. The Labute approximate surface area is 147 Å². The number of hydrogen-bond donors (Lipinski definition) is 1. The van der Waals surface area contributed by atoms with Crippen LogP contribution in [-0.2, 0) is 14.8 Å². The summed E-state index contributed by atoms with van der Waals surface area (Å²) in [5.74, 6) is -0.385. The minimum atomic E-state index is -3.36. The van der Waals surface area contributed by atoms with Crippen LogP contribution in [0, 0.1) is 5.82 Å². The summed E-state index contributed by atoms with van der Waals surface area (Å²) in [6.07, 6.45) is 3.07.